The topological polar surface area (TPSA) is 99.2 Å². The quantitative estimate of drug-likeness (QED) is 0.398. The Balaban J connectivity index is 1.79. The molecule has 6 nitrogen and oxygen atoms in total. The molecular formula is C26H21F3N2O4S. The zero-order valence-corrected chi connectivity index (χ0v) is 19.9. The van der Waals surface area contributed by atoms with Crippen LogP contribution in [0.5, 0.6) is 0 Å². The average molecular weight is 515 g/mol. The van der Waals surface area contributed by atoms with Crippen LogP contribution in [0.1, 0.15) is 44.5 Å². The van der Waals surface area contributed by atoms with Crippen LogP contribution in [0, 0.1) is 0 Å². The number of nitrogens with zero attached hydrogens (tertiary/aromatic N) is 1. The molecule has 36 heavy (non-hydrogen) atoms. The Morgan fingerprint density at radius 2 is 1.50 bits per heavy atom. The van der Waals surface area contributed by atoms with Gasteiger partial charge in [0.2, 0.25) is 5.91 Å². The van der Waals surface area contributed by atoms with Gasteiger partial charge >= 0.3 is 6.18 Å². The number of aromatic nitrogens is 1. The second-order valence-corrected chi connectivity index (χ2v) is 10.5. The largest absolute Gasteiger partial charge is 0.416 e. The second-order valence-electron chi connectivity index (χ2n) is 8.21. The van der Waals surface area contributed by atoms with Gasteiger partial charge < -0.3 is 5.73 Å². The summed E-state index contributed by atoms with van der Waals surface area (Å²) in [6.07, 6.45) is -4.31. The summed E-state index contributed by atoms with van der Waals surface area (Å²) in [5.74, 6) is -1.23. The number of sulfone groups is 1. The minimum absolute atomic E-state index is 0.0373. The predicted molar refractivity (Wildman–Crippen MR) is 129 cm³/mol. The highest BCUT2D eigenvalue weighted by molar-refractivity contribution is 7.91. The van der Waals surface area contributed by atoms with Gasteiger partial charge in [-0.05, 0) is 66.2 Å². The van der Waals surface area contributed by atoms with Crippen LogP contribution in [-0.2, 0) is 22.4 Å². The molecule has 4 rings (SSSR count). The fourth-order valence-corrected chi connectivity index (χ4v) is 4.80. The molecule has 0 spiro atoms. The van der Waals surface area contributed by atoms with Crippen molar-refractivity contribution in [3.63, 3.8) is 0 Å². The molecule has 10 heteroatoms. The van der Waals surface area contributed by atoms with Crippen LogP contribution in [0.4, 0.5) is 13.2 Å². The summed E-state index contributed by atoms with van der Waals surface area (Å²) in [5.41, 5.74) is 6.46. The zero-order valence-electron chi connectivity index (χ0n) is 19.0. The molecule has 0 aliphatic rings. The minimum Gasteiger partial charge on any atom is -0.366 e. The van der Waals surface area contributed by atoms with Gasteiger partial charge in [0.25, 0.3) is 5.91 Å². The minimum atomic E-state index is -4.53. The third kappa shape index (κ3) is 4.90. The lowest BCUT2D eigenvalue weighted by Crippen LogP contribution is -2.16. The Hall–Kier alpha value is -3.92. The third-order valence-electron chi connectivity index (χ3n) is 5.87. The van der Waals surface area contributed by atoms with Gasteiger partial charge in [-0.15, -0.1) is 0 Å². The van der Waals surface area contributed by atoms with Crippen molar-refractivity contribution in [3.05, 3.63) is 101 Å². The van der Waals surface area contributed by atoms with E-state index in [0.29, 0.717) is 22.2 Å². The van der Waals surface area contributed by atoms with Crippen LogP contribution >= 0.6 is 0 Å². The molecule has 0 radical (unpaired) electrons. The Bertz CT molecular complexity index is 1570. The molecule has 1 heterocycles. The summed E-state index contributed by atoms with van der Waals surface area (Å²) in [6.45, 7) is 1.55. The van der Waals surface area contributed by atoms with Crippen LogP contribution in [-0.4, -0.2) is 30.6 Å². The number of carbonyl (C=O) groups excluding carboxylic acids is 2. The summed E-state index contributed by atoms with van der Waals surface area (Å²) in [6, 6.07) is 16.4. The van der Waals surface area contributed by atoms with Crippen LogP contribution in [0.2, 0.25) is 0 Å². The van der Waals surface area contributed by atoms with Crippen molar-refractivity contribution >= 4 is 32.6 Å². The molecule has 1 amide bonds. The first-order valence-corrected chi connectivity index (χ1v) is 12.5. The average Bonchev–Trinajstić information content (AvgIpc) is 3.20. The highest BCUT2D eigenvalue weighted by Crippen LogP contribution is 2.30. The number of primary amides is 1. The fourth-order valence-electron chi connectivity index (χ4n) is 3.92. The molecule has 0 fully saturated rings. The summed E-state index contributed by atoms with van der Waals surface area (Å²) < 4.78 is 64.5. The molecule has 2 N–H and O–H groups in total. The number of benzene rings is 3. The molecule has 0 unspecified atom stereocenters. The fraction of sp³-hybridized carbons (Fsp3) is 0.154. The van der Waals surface area contributed by atoms with Gasteiger partial charge in [0, 0.05) is 28.6 Å². The van der Waals surface area contributed by atoms with Gasteiger partial charge in [-0.2, -0.15) is 13.2 Å². The van der Waals surface area contributed by atoms with Crippen LogP contribution in [0.3, 0.4) is 0 Å². The normalized spacial score (nSPS) is 12.1. The molecule has 186 valence electrons. The number of nitrogens with two attached hydrogens (primary N) is 1. The van der Waals surface area contributed by atoms with E-state index in [-0.39, 0.29) is 28.2 Å². The van der Waals surface area contributed by atoms with Crippen LogP contribution < -0.4 is 5.73 Å². The van der Waals surface area contributed by atoms with Crippen LogP contribution in [0.25, 0.3) is 10.9 Å². The molecule has 0 bridgehead atoms. The second kappa shape index (κ2) is 9.27. The lowest BCUT2D eigenvalue weighted by Gasteiger charge is -2.12. The Morgan fingerprint density at radius 3 is 2.06 bits per heavy atom. The van der Waals surface area contributed by atoms with E-state index in [2.05, 4.69) is 0 Å². The van der Waals surface area contributed by atoms with Crippen molar-refractivity contribution in [3.8, 4) is 0 Å². The highest BCUT2D eigenvalue weighted by Gasteiger charge is 2.30. The lowest BCUT2D eigenvalue weighted by atomic mass is 10.1. The molecule has 0 saturated heterocycles. The molecule has 4 aromatic rings. The number of hydrogen-bond acceptors (Lipinski definition) is 4. The summed E-state index contributed by atoms with van der Waals surface area (Å²) in [7, 11) is -3.38. The van der Waals surface area contributed by atoms with Gasteiger partial charge in [-0.25, -0.2) is 8.42 Å². The first kappa shape index (κ1) is 25.2. The van der Waals surface area contributed by atoms with Gasteiger partial charge in [-0.3, -0.25) is 14.2 Å². The van der Waals surface area contributed by atoms with Crippen LogP contribution in [0.15, 0.2) is 77.7 Å². The molecule has 0 aliphatic carbocycles. The summed E-state index contributed by atoms with van der Waals surface area (Å²) in [5, 5.41) is 0.548. The molecule has 1 aromatic heterocycles. The van der Waals surface area contributed by atoms with E-state index in [1.165, 1.54) is 28.8 Å². The van der Waals surface area contributed by atoms with Crippen molar-refractivity contribution in [1.29, 1.82) is 0 Å². The van der Waals surface area contributed by atoms with E-state index in [4.69, 9.17) is 5.73 Å². The Labute approximate surface area is 205 Å². The summed E-state index contributed by atoms with van der Waals surface area (Å²) >= 11 is 0. The van der Waals surface area contributed by atoms with E-state index in [1.54, 1.807) is 31.2 Å². The third-order valence-corrected chi connectivity index (χ3v) is 7.62. The number of amides is 1. The van der Waals surface area contributed by atoms with E-state index in [9.17, 15) is 31.2 Å². The van der Waals surface area contributed by atoms with Gasteiger partial charge in [0.05, 0.1) is 21.7 Å². The van der Waals surface area contributed by atoms with E-state index < -0.39 is 33.4 Å². The van der Waals surface area contributed by atoms with Crippen molar-refractivity contribution in [1.82, 2.24) is 4.57 Å². The number of halogens is 3. The number of alkyl halides is 3. The summed E-state index contributed by atoms with van der Waals surface area (Å²) in [4.78, 5) is 25.3. The van der Waals surface area contributed by atoms with Gasteiger partial charge in [-0.1, -0.05) is 19.1 Å². The molecule has 0 saturated carbocycles. The number of carbonyl (C=O) groups is 2. The maximum absolute atomic E-state index is 13.4. The molecule has 3 aromatic carbocycles. The molecule has 0 atom stereocenters. The standard InChI is InChI=1S/C26H21F3N2O4S/c1-2-36(34,35)22-10-3-16(4-11-22)13-21-15-19-14-18(24(30)32)7-12-23(19)31(21)25(33)17-5-8-20(9-6-17)26(27,28)29/h3-12,14-15H,2,13H2,1H3,(H2,30,32). The van der Waals surface area contributed by atoms with Gasteiger partial charge in [0.1, 0.15) is 0 Å². The maximum atomic E-state index is 13.4. The molecular weight excluding hydrogens is 493 g/mol. The first-order valence-electron chi connectivity index (χ1n) is 10.9. The first-order chi connectivity index (χ1) is 16.9. The van der Waals surface area contributed by atoms with Crippen molar-refractivity contribution < 1.29 is 31.2 Å². The Morgan fingerprint density at radius 1 is 0.889 bits per heavy atom. The van der Waals surface area contributed by atoms with Gasteiger partial charge in [0.15, 0.2) is 9.84 Å². The zero-order chi connectivity index (χ0) is 26.3. The monoisotopic (exact) mass is 514 g/mol. The number of rotatable bonds is 6. The van der Waals surface area contributed by atoms with Crippen molar-refractivity contribution in [2.24, 2.45) is 5.73 Å². The highest BCUT2D eigenvalue weighted by atomic mass is 32.2. The lowest BCUT2D eigenvalue weighted by molar-refractivity contribution is -0.137. The van der Waals surface area contributed by atoms with E-state index in [0.717, 1.165) is 24.3 Å². The predicted octanol–water partition coefficient (Wildman–Crippen LogP) is 4.83. The van der Waals surface area contributed by atoms with Crippen molar-refractivity contribution in [2.45, 2.75) is 24.4 Å². The van der Waals surface area contributed by atoms with Crippen molar-refractivity contribution in [2.75, 3.05) is 5.75 Å². The Kier molecular flexibility index (Phi) is 6.48. The maximum Gasteiger partial charge on any atom is 0.416 e. The number of hydrogen-bond donors (Lipinski definition) is 1. The SMILES string of the molecule is CCS(=O)(=O)c1ccc(Cc2cc3cc(C(N)=O)ccc3n2C(=O)c2ccc(C(F)(F)F)cc2)cc1. The van der Waals surface area contributed by atoms with E-state index in [1.807, 2.05) is 0 Å². The number of fused-ring (bicyclic) bond motifs is 1. The van der Waals surface area contributed by atoms with E-state index >= 15 is 0 Å². The molecule has 0 aliphatic heterocycles. The smallest absolute Gasteiger partial charge is 0.366 e.